The van der Waals surface area contributed by atoms with Gasteiger partial charge in [0.25, 0.3) is 0 Å². The highest BCUT2D eigenvalue weighted by atomic mass is 14.5. The first-order chi connectivity index (χ1) is 5.55. The van der Waals surface area contributed by atoms with E-state index in [9.17, 15) is 0 Å². The summed E-state index contributed by atoms with van der Waals surface area (Å²) < 4.78 is 0. The average molecular weight is 164 g/mol. The van der Waals surface area contributed by atoms with Crippen molar-refractivity contribution < 1.29 is 0 Å². The molecule has 1 saturated carbocycles. The summed E-state index contributed by atoms with van der Waals surface area (Å²) in [5, 5.41) is 0. The number of fused-ring (bicyclic) bond motifs is 1. The Balaban J connectivity index is 2.40. The molecule has 0 heterocycles. The van der Waals surface area contributed by atoms with Gasteiger partial charge in [-0.2, -0.15) is 0 Å². The van der Waals surface area contributed by atoms with Gasteiger partial charge in [0, 0.05) is 0 Å². The van der Waals surface area contributed by atoms with Gasteiger partial charge in [0.2, 0.25) is 0 Å². The van der Waals surface area contributed by atoms with Gasteiger partial charge in [-0.25, -0.2) is 0 Å². The van der Waals surface area contributed by atoms with E-state index in [1.54, 1.807) is 11.1 Å². The molecule has 2 rings (SSSR count). The summed E-state index contributed by atoms with van der Waals surface area (Å²) in [6, 6.07) is 0. The molecule has 12 heavy (non-hydrogen) atoms. The largest absolute Gasteiger partial charge is 0.0704 e. The molecule has 0 aromatic rings. The molecule has 0 amide bonds. The quantitative estimate of drug-likeness (QED) is 0.478. The summed E-state index contributed by atoms with van der Waals surface area (Å²) in [7, 11) is 0. The van der Waals surface area contributed by atoms with Gasteiger partial charge in [-0.15, -0.1) is 0 Å². The molecule has 0 aliphatic heterocycles. The smallest absolute Gasteiger partial charge is 0.0111 e. The molecule has 2 unspecified atom stereocenters. The van der Waals surface area contributed by atoms with Gasteiger partial charge in [-0.1, -0.05) is 31.4 Å². The predicted octanol–water partition coefficient (Wildman–Crippen LogP) is 3.78. The van der Waals surface area contributed by atoms with Crippen LogP contribution in [0.1, 0.15) is 47.0 Å². The predicted molar refractivity (Wildman–Crippen MR) is 53.0 cm³/mol. The van der Waals surface area contributed by atoms with Gasteiger partial charge in [-0.3, -0.25) is 0 Å². The Kier molecular flexibility index (Phi) is 1.65. The fraction of sp³-hybridized carbons (Fsp3) is 0.833. The molecule has 0 aromatic heterocycles. The third kappa shape index (κ3) is 0.841. The number of hydrogen-bond acceptors (Lipinski definition) is 0. The third-order valence-electron chi connectivity index (χ3n) is 4.56. The number of rotatable bonds is 0. The summed E-state index contributed by atoms with van der Waals surface area (Å²) in [6.07, 6.45) is 4.38. The second-order valence-corrected chi connectivity index (χ2v) is 5.17. The van der Waals surface area contributed by atoms with Gasteiger partial charge >= 0.3 is 0 Å². The van der Waals surface area contributed by atoms with Crippen LogP contribution >= 0.6 is 0 Å². The van der Waals surface area contributed by atoms with E-state index in [-0.39, 0.29) is 0 Å². The second-order valence-electron chi connectivity index (χ2n) is 5.17. The molecule has 1 fully saturated rings. The zero-order valence-electron chi connectivity index (χ0n) is 8.78. The molecule has 0 bridgehead atoms. The van der Waals surface area contributed by atoms with E-state index in [0.717, 1.165) is 11.8 Å². The number of hydrogen-bond donors (Lipinski definition) is 0. The minimum Gasteiger partial charge on any atom is -0.0704 e. The standard InChI is InChI=1S/C12H20/c1-8-9(2)12(3,4)11-7-5-6-10(8)11/h10-11H,5-7H2,1-4H3. The molecule has 0 radical (unpaired) electrons. The van der Waals surface area contributed by atoms with E-state index in [2.05, 4.69) is 27.7 Å². The van der Waals surface area contributed by atoms with E-state index in [1.807, 2.05) is 0 Å². The van der Waals surface area contributed by atoms with Crippen LogP contribution in [0.2, 0.25) is 0 Å². The first kappa shape index (κ1) is 8.34. The van der Waals surface area contributed by atoms with Crippen molar-refractivity contribution in [3.8, 4) is 0 Å². The van der Waals surface area contributed by atoms with E-state index < -0.39 is 0 Å². The lowest BCUT2D eigenvalue weighted by molar-refractivity contribution is 0.262. The summed E-state index contributed by atoms with van der Waals surface area (Å²) in [4.78, 5) is 0. The van der Waals surface area contributed by atoms with Crippen LogP contribution in [0.5, 0.6) is 0 Å². The molecule has 0 saturated heterocycles. The highest BCUT2D eigenvalue weighted by molar-refractivity contribution is 5.30. The Morgan fingerprint density at radius 3 is 2.42 bits per heavy atom. The summed E-state index contributed by atoms with van der Waals surface area (Å²) >= 11 is 0. The normalized spacial score (nSPS) is 39.0. The van der Waals surface area contributed by atoms with Crippen molar-refractivity contribution in [2.45, 2.75) is 47.0 Å². The first-order valence-electron chi connectivity index (χ1n) is 5.23. The van der Waals surface area contributed by atoms with Gasteiger partial charge in [0.05, 0.1) is 0 Å². The zero-order valence-corrected chi connectivity index (χ0v) is 8.78. The molecule has 2 aliphatic carbocycles. The van der Waals surface area contributed by atoms with Crippen LogP contribution in [0.4, 0.5) is 0 Å². The molecule has 2 atom stereocenters. The lowest BCUT2D eigenvalue weighted by Gasteiger charge is -2.28. The molecule has 2 aliphatic rings. The Morgan fingerprint density at radius 1 is 1.17 bits per heavy atom. The maximum Gasteiger partial charge on any atom is -0.0111 e. The topological polar surface area (TPSA) is 0 Å². The van der Waals surface area contributed by atoms with Crippen LogP contribution in [0.15, 0.2) is 11.1 Å². The molecule has 0 nitrogen and oxygen atoms in total. The van der Waals surface area contributed by atoms with Crippen LogP contribution < -0.4 is 0 Å². The fourth-order valence-electron chi connectivity index (χ4n) is 3.41. The van der Waals surface area contributed by atoms with E-state index in [0.29, 0.717) is 5.41 Å². The maximum absolute atomic E-state index is 2.43. The Morgan fingerprint density at radius 2 is 1.83 bits per heavy atom. The molecular formula is C12H20. The Bertz CT molecular complexity index is 232. The average Bonchev–Trinajstić information content (AvgIpc) is 2.54. The van der Waals surface area contributed by atoms with E-state index >= 15 is 0 Å². The maximum atomic E-state index is 2.43. The van der Waals surface area contributed by atoms with E-state index in [1.165, 1.54) is 19.3 Å². The van der Waals surface area contributed by atoms with Gasteiger partial charge < -0.3 is 0 Å². The van der Waals surface area contributed by atoms with Crippen molar-refractivity contribution in [1.29, 1.82) is 0 Å². The van der Waals surface area contributed by atoms with Crippen molar-refractivity contribution in [2.24, 2.45) is 17.3 Å². The van der Waals surface area contributed by atoms with Crippen molar-refractivity contribution in [2.75, 3.05) is 0 Å². The molecule has 68 valence electrons. The van der Waals surface area contributed by atoms with Crippen molar-refractivity contribution in [3.63, 3.8) is 0 Å². The molecule has 0 spiro atoms. The molecular weight excluding hydrogens is 144 g/mol. The van der Waals surface area contributed by atoms with Crippen molar-refractivity contribution in [1.82, 2.24) is 0 Å². The van der Waals surface area contributed by atoms with Crippen LogP contribution in [-0.2, 0) is 0 Å². The molecule has 0 N–H and O–H groups in total. The summed E-state index contributed by atoms with van der Waals surface area (Å²) in [5.41, 5.74) is 3.89. The minimum atomic E-state index is 0.505. The first-order valence-corrected chi connectivity index (χ1v) is 5.23. The van der Waals surface area contributed by atoms with Gasteiger partial charge in [0.15, 0.2) is 0 Å². The Hall–Kier alpha value is -0.260. The summed E-state index contributed by atoms with van der Waals surface area (Å²) in [6.45, 7) is 9.56. The van der Waals surface area contributed by atoms with Crippen LogP contribution in [0.3, 0.4) is 0 Å². The van der Waals surface area contributed by atoms with Gasteiger partial charge in [0.1, 0.15) is 0 Å². The molecule has 0 heteroatoms. The van der Waals surface area contributed by atoms with E-state index in [4.69, 9.17) is 0 Å². The highest BCUT2D eigenvalue weighted by Gasteiger charge is 2.46. The Labute approximate surface area is 76.1 Å². The summed E-state index contributed by atoms with van der Waals surface area (Å²) in [5.74, 6) is 1.91. The molecule has 0 aromatic carbocycles. The monoisotopic (exact) mass is 164 g/mol. The van der Waals surface area contributed by atoms with Crippen molar-refractivity contribution >= 4 is 0 Å². The highest BCUT2D eigenvalue weighted by Crippen LogP contribution is 2.56. The minimum absolute atomic E-state index is 0.505. The lowest BCUT2D eigenvalue weighted by Crippen LogP contribution is -2.21. The SMILES string of the molecule is CC1=C(C)C(C)(C)C2CCCC12. The third-order valence-corrected chi connectivity index (χ3v) is 4.56. The van der Waals surface area contributed by atoms with Crippen LogP contribution in [0, 0.1) is 17.3 Å². The second kappa shape index (κ2) is 2.37. The zero-order chi connectivity index (χ0) is 8.93. The van der Waals surface area contributed by atoms with Crippen LogP contribution in [-0.4, -0.2) is 0 Å². The lowest BCUT2D eigenvalue weighted by atomic mass is 9.76. The fourth-order valence-corrected chi connectivity index (χ4v) is 3.41. The van der Waals surface area contributed by atoms with Crippen LogP contribution in [0.25, 0.3) is 0 Å². The van der Waals surface area contributed by atoms with Crippen molar-refractivity contribution in [3.05, 3.63) is 11.1 Å². The number of allylic oxidation sites excluding steroid dienone is 2. The van der Waals surface area contributed by atoms with Gasteiger partial charge in [-0.05, 0) is 43.9 Å².